The van der Waals surface area contributed by atoms with Crippen molar-refractivity contribution < 1.29 is 4.79 Å². The molecule has 1 rings (SSSR count). The highest BCUT2D eigenvalue weighted by Gasteiger charge is 2.28. The van der Waals surface area contributed by atoms with Gasteiger partial charge < -0.3 is 4.90 Å². The molecule has 1 saturated heterocycles. The maximum Gasteiger partial charge on any atom is 0.149 e. The number of hydrogen-bond donors (Lipinski definition) is 0. The summed E-state index contributed by atoms with van der Waals surface area (Å²) in [5.74, 6) is 0.378. The van der Waals surface area contributed by atoms with E-state index in [4.69, 9.17) is 0 Å². The van der Waals surface area contributed by atoms with Crippen molar-refractivity contribution in [1.82, 2.24) is 9.80 Å². The number of hydrogen-bond acceptors (Lipinski definition) is 3. The number of rotatable bonds is 4. The van der Waals surface area contributed by atoms with Gasteiger partial charge in [-0.1, -0.05) is 13.8 Å². The van der Waals surface area contributed by atoms with Crippen LogP contribution in [0.3, 0.4) is 0 Å². The van der Waals surface area contributed by atoms with E-state index < -0.39 is 0 Å². The summed E-state index contributed by atoms with van der Waals surface area (Å²) < 4.78 is 0. The Morgan fingerprint density at radius 3 is 2.62 bits per heavy atom. The van der Waals surface area contributed by atoms with Crippen LogP contribution in [0.5, 0.6) is 0 Å². The lowest BCUT2D eigenvalue weighted by atomic mass is 10.1. The number of ketones is 1. The summed E-state index contributed by atoms with van der Waals surface area (Å²) in [6, 6.07) is 0.638. The molecule has 0 aromatic heterocycles. The molecule has 16 heavy (non-hydrogen) atoms. The number of carbonyl (C=O) groups is 1. The SMILES string of the molecule is CCC(=O)C(C)N1CCCN(C)CC1CC. The van der Waals surface area contributed by atoms with E-state index in [0.29, 0.717) is 18.2 Å². The van der Waals surface area contributed by atoms with Gasteiger partial charge >= 0.3 is 0 Å². The minimum Gasteiger partial charge on any atom is -0.305 e. The summed E-state index contributed by atoms with van der Waals surface area (Å²) in [5, 5.41) is 0. The first-order valence-corrected chi connectivity index (χ1v) is 6.57. The van der Waals surface area contributed by atoms with Crippen LogP contribution >= 0.6 is 0 Å². The second-order valence-electron chi connectivity index (χ2n) is 4.91. The number of nitrogens with zero attached hydrogens (tertiary/aromatic N) is 2. The lowest BCUT2D eigenvalue weighted by Crippen LogP contribution is -2.47. The normalized spacial score (nSPS) is 26.4. The van der Waals surface area contributed by atoms with Crippen molar-refractivity contribution >= 4 is 5.78 Å². The average Bonchev–Trinajstić information content (AvgIpc) is 2.48. The largest absolute Gasteiger partial charge is 0.305 e. The summed E-state index contributed by atoms with van der Waals surface area (Å²) >= 11 is 0. The molecule has 0 radical (unpaired) electrons. The van der Waals surface area contributed by atoms with Crippen LogP contribution in [0.25, 0.3) is 0 Å². The first kappa shape index (κ1) is 13.7. The van der Waals surface area contributed by atoms with Crippen molar-refractivity contribution in [2.75, 3.05) is 26.7 Å². The molecule has 2 unspecified atom stereocenters. The van der Waals surface area contributed by atoms with Crippen LogP contribution in [0.4, 0.5) is 0 Å². The van der Waals surface area contributed by atoms with E-state index >= 15 is 0 Å². The molecule has 3 nitrogen and oxygen atoms in total. The second kappa shape index (κ2) is 6.36. The van der Waals surface area contributed by atoms with Crippen molar-refractivity contribution in [2.45, 2.75) is 52.1 Å². The van der Waals surface area contributed by atoms with Crippen LogP contribution in [0.2, 0.25) is 0 Å². The quantitative estimate of drug-likeness (QED) is 0.730. The van der Waals surface area contributed by atoms with Gasteiger partial charge in [0.1, 0.15) is 5.78 Å². The maximum absolute atomic E-state index is 11.8. The zero-order chi connectivity index (χ0) is 12.1. The van der Waals surface area contributed by atoms with Crippen LogP contribution in [0.15, 0.2) is 0 Å². The van der Waals surface area contributed by atoms with Crippen LogP contribution in [-0.4, -0.2) is 54.3 Å². The summed E-state index contributed by atoms with van der Waals surface area (Å²) in [5.41, 5.74) is 0. The zero-order valence-corrected chi connectivity index (χ0v) is 11.2. The van der Waals surface area contributed by atoms with Crippen LogP contribution in [-0.2, 0) is 4.79 Å². The lowest BCUT2D eigenvalue weighted by molar-refractivity contribution is -0.124. The molecule has 2 atom stereocenters. The van der Waals surface area contributed by atoms with Gasteiger partial charge in [-0.05, 0) is 33.4 Å². The molecule has 0 aromatic rings. The van der Waals surface area contributed by atoms with Gasteiger partial charge in [0, 0.05) is 25.6 Å². The van der Waals surface area contributed by atoms with Crippen molar-refractivity contribution in [3.63, 3.8) is 0 Å². The van der Waals surface area contributed by atoms with E-state index in [0.717, 1.165) is 26.1 Å². The molecule has 1 heterocycles. The fourth-order valence-corrected chi connectivity index (χ4v) is 2.62. The Hall–Kier alpha value is -0.410. The minimum atomic E-state index is 0.0986. The van der Waals surface area contributed by atoms with Gasteiger partial charge in [0.05, 0.1) is 6.04 Å². The predicted octanol–water partition coefficient (Wildman–Crippen LogP) is 1.77. The van der Waals surface area contributed by atoms with Crippen LogP contribution < -0.4 is 0 Å². The van der Waals surface area contributed by atoms with E-state index in [9.17, 15) is 4.79 Å². The number of Topliss-reactive ketones (excluding diaryl/α,β-unsaturated/α-hetero) is 1. The molecule has 0 saturated carbocycles. The highest BCUT2D eigenvalue weighted by atomic mass is 16.1. The Morgan fingerprint density at radius 1 is 1.38 bits per heavy atom. The molecular formula is C13H26N2O. The summed E-state index contributed by atoms with van der Waals surface area (Å²) in [4.78, 5) is 16.6. The molecule has 3 heteroatoms. The topological polar surface area (TPSA) is 23.6 Å². The lowest BCUT2D eigenvalue weighted by Gasteiger charge is -2.34. The van der Waals surface area contributed by atoms with Gasteiger partial charge in [-0.15, -0.1) is 0 Å². The molecule has 0 bridgehead atoms. The van der Waals surface area contributed by atoms with E-state index in [1.165, 1.54) is 6.42 Å². The number of carbonyl (C=O) groups excluding carboxylic acids is 1. The summed E-state index contributed by atoms with van der Waals surface area (Å²) in [6.07, 6.45) is 2.96. The number of likely N-dealkylation sites (N-methyl/N-ethyl adjacent to an activating group) is 1. The molecule has 94 valence electrons. The highest BCUT2D eigenvalue weighted by molar-refractivity contribution is 5.83. The fourth-order valence-electron chi connectivity index (χ4n) is 2.62. The van der Waals surface area contributed by atoms with Crippen molar-refractivity contribution in [3.05, 3.63) is 0 Å². The first-order valence-electron chi connectivity index (χ1n) is 6.57. The molecule has 1 aliphatic heterocycles. The highest BCUT2D eigenvalue weighted by Crippen LogP contribution is 2.16. The summed E-state index contributed by atoms with van der Waals surface area (Å²) in [6.45, 7) is 9.57. The van der Waals surface area contributed by atoms with Gasteiger partial charge in [0.25, 0.3) is 0 Å². The van der Waals surface area contributed by atoms with E-state index in [-0.39, 0.29) is 6.04 Å². The third-order valence-electron chi connectivity index (χ3n) is 3.73. The minimum absolute atomic E-state index is 0.0986. The Kier molecular flexibility index (Phi) is 5.42. The standard InChI is InChI=1S/C13H26N2O/c1-5-12-10-14(4)8-7-9-15(12)11(3)13(16)6-2/h11-12H,5-10H2,1-4H3. The molecule has 0 aromatic carbocycles. The van der Waals surface area contributed by atoms with Crippen molar-refractivity contribution in [3.8, 4) is 0 Å². The average molecular weight is 226 g/mol. The maximum atomic E-state index is 11.8. The van der Waals surface area contributed by atoms with E-state index in [1.54, 1.807) is 0 Å². The van der Waals surface area contributed by atoms with E-state index in [1.807, 2.05) is 6.92 Å². The van der Waals surface area contributed by atoms with Gasteiger partial charge in [0.2, 0.25) is 0 Å². The van der Waals surface area contributed by atoms with Crippen LogP contribution in [0.1, 0.15) is 40.0 Å². The Morgan fingerprint density at radius 2 is 2.06 bits per heavy atom. The monoisotopic (exact) mass is 226 g/mol. The van der Waals surface area contributed by atoms with Gasteiger partial charge in [-0.2, -0.15) is 0 Å². The van der Waals surface area contributed by atoms with Gasteiger partial charge in [-0.25, -0.2) is 0 Å². The van der Waals surface area contributed by atoms with E-state index in [2.05, 4.69) is 30.7 Å². The van der Waals surface area contributed by atoms with Crippen LogP contribution in [0, 0.1) is 0 Å². The third-order valence-corrected chi connectivity index (χ3v) is 3.73. The fraction of sp³-hybridized carbons (Fsp3) is 0.923. The molecule has 0 amide bonds. The molecule has 0 aliphatic carbocycles. The van der Waals surface area contributed by atoms with Crippen molar-refractivity contribution in [2.24, 2.45) is 0 Å². The Balaban J connectivity index is 2.70. The molecule has 1 fully saturated rings. The molecule has 0 spiro atoms. The van der Waals surface area contributed by atoms with Gasteiger partial charge in [-0.3, -0.25) is 9.69 Å². The zero-order valence-electron chi connectivity index (χ0n) is 11.2. The molecular weight excluding hydrogens is 200 g/mol. The summed E-state index contributed by atoms with van der Waals surface area (Å²) in [7, 11) is 2.18. The smallest absolute Gasteiger partial charge is 0.149 e. The third kappa shape index (κ3) is 3.29. The van der Waals surface area contributed by atoms with Crippen molar-refractivity contribution in [1.29, 1.82) is 0 Å². The second-order valence-corrected chi connectivity index (χ2v) is 4.91. The van der Waals surface area contributed by atoms with Gasteiger partial charge in [0.15, 0.2) is 0 Å². The Labute approximate surface area is 99.8 Å². The molecule has 1 aliphatic rings. The molecule has 0 N–H and O–H groups in total. The predicted molar refractivity (Wildman–Crippen MR) is 67.7 cm³/mol. The Bertz CT molecular complexity index is 230. The first-order chi connectivity index (χ1) is 7.60.